The van der Waals surface area contributed by atoms with E-state index in [1.165, 1.54) is 25.8 Å². The smallest absolute Gasteiger partial charge is 0.0524 e. The van der Waals surface area contributed by atoms with Crippen LogP contribution in [0.1, 0.15) is 19.3 Å². The number of nitrogens with zero attached hydrogens (tertiary/aromatic N) is 1. The molecule has 0 amide bonds. The van der Waals surface area contributed by atoms with E-state index < -0.39 is 0 Å². The monoisotopic (exact) mass is 210 g/mol. The van der Waals surface area contributed by atoms with Crippen LogP contribution in [0, 0.1) is 11.8 Å². The lowest BCUT2D eigenvalue weighted by Crippen LogP contribution is -2.49. The van der Waals surface area contributed by atoms with Crippen LogP contribution in [0.2, 0.25) is 0 Å². The molecule has 0 aromatic heterocycles. The third-order valence-electron chi connectivity index (χ3n) is 4.32. The number of likely N-dealkylation sites (N-methyl/N-ethyl adjacent to an activating group) is 1. The van der Waals surface area contributed by atoms with E-state index >= 15 is 0 Å². The SMILES string of the molecule is CN1CCNC2CCOC[C@H]2[C@@H]1C1CC1. The van der Waals surface area contributed by atoms with Crippen molar-refractivity contribution in [2.45, 2.75) is 31.3 Å². The normalized spacial score (nSPS) is 43.4. The molecule has 2 saturated heterocycles. The highest BCUT2D eigenvalue weighted by Crippen LogP contribution is 2.41. The van der Waals surface area contributed by atoms with E-state index in [4.69, 9.17) is 4.74 Å². The number of hydrogen-bond acceptors (Lipinski definition) is 3. The summed E-state index contributed by atoms with van der Waals surface area (Å²) in [6.45, 7) is 4.29. The van der Waals surface area contributed by atoms with Crippen LogP contribution in [0.4, 0.5) is 0 Å². The molecule has 3 nitrogen and oxygen atoms in total. The molecular weight excluding hydrogens is 188 g/mol. The Bertz CT molecular complexity index is 230. The van der Waals surface area contributed by atoms with Crippen LogP contribution in [-0.4, -0.2) is 50.3 Å². The first-order valence-electron chi connectivity index (χ1n) is 6.37. The second-order valence-electron chi connectivity index (χ2n) is 5.40. The quantitative estimate of drug-likeness (QED) is 0.689. The lowest BCUT2D eigenvalue weighted by molar-refractivity contribution is 0.000440. The average molecular weight is 210 g/mol. The maximum atomic E-state index is 5.68. The fourth-order valence-electron chi connectivity index (χ4n) is 3.40. The zero-order chi connectivity index (χ0) is 10.3. The molecule has 15 heavy (non-hydrogen) atoms. The fraction of sp³-hybridized carbons (Fsp3) is 1.00. The number of rotatable bonds is 1. The highest BCUT2D eigenvalue weighted by atomic mass is 16.5. The van der Waals surface area contributed by atoms with Gasteiger partial charge in [-0.15, -0.1) is 0 Å². The van der Waals surface area contributed by atoms with Gasteiger partial charge < -0.3 is 15.0 Å². The number of fused-ring (bicyclic) bond motifs is 1. The van der Waals surface area contributed by atoms with Gasteiger partial charge in [-0.25, -0.2) is 0 Å². The van der Waals surface area contributed by atoms with Crippen molar-refractivity contribution in [1.82, 2.24) is 10.2 Å². The van der Waals surface area contributed by atoms with Crippen LogP contribution in [-0.2, 0) is 4.74 Å². The van der Waals surface area contributed by atoms with Crippen molar-refractivity contribution < 1.29 is 4.74 Å². The Labute approximate surface area is 92.2 Å². The maximum Gasteiger partial charge on any atom is 0.0524 e. The molecule has 3 aliphatic rings. The predicted molar refractivity (Wildman–Crippen MR) is 59.9 cm³/mol. The third kappa shape index (κ3) is 1.93. The molecule has 1 saturated carbocycles. The minimum absolute atomic E-state index is 0.717. The van der Waals surface area contributed by atoms with E-state index in [1.54, 1.807) is 0 Å². The van der Waals surface area contributed by atoms with E-state index in [2.05, 4.69) is 17.3 Å². The molecule has 0 aromatic rings. The first kappa shape index (κ1) is 10.1. The van der Waals surface area contributed by atoms with Crippen molar-refractivity contribution >= 4 is 0 Å². The highest BCUT2D eigenvalue weighted by Gasteiger charge is 2.44. The van der Waals surface area contributed by atoms with E-state index in [0.29, 0.717) is 6.04 Å². The average Bonchev–Trinajstić information content (AvgIpc) is 3.03. The van der Waals surface area contributed by atoms with Gasteiger partial charge in [-0.3, -0.25) is 0 Å². The lowest BCUT2D eigenvalue weighted by atomic mass is 9.86. The molecule has 3 rings (SSSR count). The van der Waals surface area contributed by atoms with Crippen molar-refractivity contribution in [3.05, 3.63) is 0 Å². The Morgan fingerprint density at radius 2 is 2.13 bits per heavy atom. The molecule has 0 radical (unpaired) electrons. The molecule has 1 N–H and O–H groups in total. The molecule has 3 fully saturated rings. The molecule has 1 unspecified atom stereocenters. The van der Waals surface area contributed by atoms with Crippen LogP contribution < -0.4 is 5.32 Å². The summed E-state index contributed by atoms with van der Waals surface area (Å²) in [5.41, 5.74) is 0. The Kier molecular flexibility index (Phi) is 2.71. The Morgan fingerprint density at radius 1 is 1.27 bits per heavy atom. The van der Waals surface area contributed by atoms with Gasteiger partial charge in [0.1, 0.15) is 0 Å². The van der Waals surface area contributed by atoms with Gasteiger partial charge in [0.2, 0.25) is 0 Å². The van der Waals surface area contributed by atoms with Crippen LogP contribution >= 0.6 is 0 Å². The molecule has 2 heterocycles. The van der Waals surface area contributed by atoms with Gasteiger partial charge in [-0.1, -0.05) is 0 Å². The zero-order valence-electron chi connectivity index (χ0n) is 9.61. The number of nitrogens with one attached hydrogen (secondary N) is 1. The largest absolute Gasteiger partial charge is 0.381 e. The fourth-order valence-corrected chi connectivity index (χ4v) is 3.40. The summed E-state index contributed by atoms with van der Waals surface area (Å²) < 4.78 is 5.68. The molecule has 3 atom stereocenters. The third-order valence-corrected chi connectivity index (χ3v) is 4.32. The van der Waals surface area contributed by atoms with Crippen LogP contribution in [0.5, 0.6) is 0 Å². The summed E-state index contributed by atoms with van der Waals surface area (Å²) in [6.07, 6.45) is 4.10. The van der Waals surface area contributed by atoms with Gasteiger partial charge in [0.05, 0.1) is 6.61 Å². The Balaban J connectivity index is 1.79. The van der Waals surface area contributed by atoms with Gasteiger partial charge in [-0.2, -0.15) is 0 Å². The molecule has 0 spiro atoms. The number of ether oxygens (including phenoxy) is 1. The van der Waals surface area contributed by atoms with Gasteiger partial charge in [-0.05, 0) is 32.2 Å². The van der Waals surface area contributed by atoms with Crippen LogP contribution in [0.25, 0.3) is 0 Å². The van der Waals surface area contributed by atoms with Crippen molar-refractivity contribution in [3.8, 4) is 0 Å². The van der Waals surface area contributed by atoms with E-state index in [9.17, 15) is 0 Å². The first-order chi connectivity index (χ1) is 7.36. The molecule has 3 heteroatoms. The summed E-state index contributed by atoms with van der Waals surface area (Å²) in [5, 5.41) is 3.70. The second kappa shape index (κ2) is 4.04. The summed E-state index contributed by atoms with van der Waals surface area (Å²) in [6, 6.07) is 1.50. The maximum absolute atomic E-state index is 5.68. The van der Waals surface area contributed by atoms with Gasteiger partial charge in [0, 0.05) is 37.7 Å². The van der Waals surface area contributed by atoms with Crippen molar-refractivity contribution in [1.29, 1.82) is 0 Å². The van der Waals surface area contributed by atoms with Crippen molar-refractivity contribution in [2.24, 2.45) is 11.8 Å². The van der Waals surface area contributed by atoms with Gasteiger partial charge in [0.15, 0.2) is 0 Å². The standard InChI is InChI=1S/C12H22N2O/c1-14-6-5-13-11-4-7-15-8-10(11)12(14)9-2-3-9/h9-13H,2-8H2,1H3/t10-,11?,12+/m1/s1. The molecule has 86 valence electrons. The predicted octanol–water partition coefficient (Wildman–Crippen LogP) is 0.705. The molecule has 2 aliphatic heterocycles. The molecule has 1 aliphatic carbocycles. The Hall–Kier alpha value is -0.120. The first-order valence-corrected chi connectivity index (χ1v) is 6.37. The van der Waals surface area contributed by atoms with Crippen LogP contribution in [0.15, 0.2) is 0 Å². The summed E-state index contributed by atoms with van der Waals surface area (Å²) >= 11 is 0. The molecule has 0 bridgehead atoms. The van der Waals surface area contributed by atoms with E-state index in [-0.39, 0.29) is 0 Å². The minimum Gasteiger partial charge on any atom is -0.381 e. The van der Waals surface area contributed by atoms with E-state index in [0.717, 1.165) is 37.6 Å². The summed E-state index contributed by atoms with van der Waals surface area (Å²) in [7, 11) is 2.29. The van der Waals surface area contributed by atoms with E-state index in [1.807, 2.05) is 0 Å². The zero-order valence-corrected chi connectivity index (χ0v) is 9.61. The minimum atomic E-state index is 0.717. The Morgan fingerprint density at radius 3 is 2.93 bits per heavy atom. The van der Waals surface area contributed by atoms with Crippen molar-refractivity contribution in [2.75, 3.05) is 33.4 Å². The van der Waals surface area contributed by atoms with Crippen molar-refractivity contribution in [3.63, 3.8) is 0 Å². The second-order valence-corrected chi connectivity index (χ2v) is 5.40. The lowest BCUT2D eigenvalue weighted by Gasteiger charge is -2.38. The molecular formula is C12H22N2O. The molecule has 0 aromatic carbocycles. The number of hydrogen-bond donors (Lipinski definition) is 1. The van der Waals surface area contributed by atoms with Gasteiger partial charge in [0.25, 0.3) is 0 Å². The van der Waals surface area contributed by atoms with Gasteiger partial charge >= 0.3 is 0 Å². The summed E-state index contributed by atoms with van der Waals surface area (Å²) in [5.74, 6) is 1.70. The highest BCUT2D eigenvalue weighted by molar-refractivity contribution is 4.98. The topological polar surface area (TPSA) is 24.5 Å². The summed E-state index contributed by atoms with van der Waals surface area (Å²) in [4.78, 5) is 2.57. The van der Waals surface area contributed by atoms with Crippen LogP contribution in [0.3, 0.4) is 0 Å².